The fraction of sp³-hybridized carbons (Fsp3) is 0.800. The first kappa shape index (κ1) is 11.0. The van der Waals surface area contributed by atoms with Crippen LogP contribution < -0.4 is 5.73 Å². The van der Waals surface area contributed by atoms with Gasteiger partial charge in [-0.05, 0) is 12.8 Å². The summed E-state index contributed by atoms with van der Waals surface area (Å²) in [5.41, 5.74) is 4.22. The van der Waals surface area contributed by atoms with E-state index in [-0.39, 0.29) is 6.42 Å². The molecule has 0 aliphatic heterocycles. The van der Waals surface area contributed by atoms with Crippen molar-refractivity contribution in [1.29, 1.82) is 0 Å². The van der Waals surface area contributed by atoms with E-state index in [1.54, 1.807) is 0 Å². The first-order chi connectivity index (χ1) is 6.57. The Bertz CT molecular complexity index is 230. The molecule has 4 heteroatoms. The first-order valence-electron chi connectivity index (χ1n) is 5.08. The molecule has 0 saturated heterocycles. The molecule has 1 fully saturated rings. The van der Waals surface area contributed by atoms with Crippen molar-refractivity contribution >= 4 is 11.9 Å². The Hall–Kier alpha value is -1.06. The van der Waals surface area contributed by atoms with E-state index < -0.39 is 17.3 Å². The maximum atomic E-state index is 11.2. The van der Waals surface area contributed by atoms with Gasteiger partial charge in [-0.3, -0.25) is 9.59 Å². The Morgan fingerprint density at radius 3 is 2.00 bits per heavy atom. The molecule has 0 heterocycles. The van der Waals surface area contributed by atoms with E-state index in [0.717, 1.165) is 25.7 Å². The molecule has 4 nitrogen and oxygen atoms in total. The number of carbonyl (C=O) groups excluding carboxylic acids is 1. The molecule has 1 aliphatic rings. The normalized spacial score (nSPS) is 21.1. The predicted molar refractivity (Wildman–Crippen MR) is 51.6 cm³/mol. The number of hydrogen-bond donors (Lipinski definition) is 2. The highest BCUT2D eigenvalue weighted by Crippen LogP contribution is 2.38. The zero-order chi connectivity index (χ0) is 10.6. The van der Waals surface area contributed by atoms with Crippen molar-refractivity contribution in [2.24, 2.45) is 11.1 Å². The van der Waals surface area contributed by atoms with Crippen LogP contribution >= 0.6 is 0 Å². The summed E-state index contributed by atoms with van der Waals surface area (Å²) < 4.78 is 0. The number of amides is 1. The van der Waals surface area contributed by atoms with Gasteiger partial charge in [0, 0.05) is 6.42 Å². The second-order valence-corrected chi connectivity index (χ2v) is 4.14. The summed E-state index contributed by atoms with van der Waals surface area (Å²) in [4.78, 5) is 22.0. The lowest BCUT2D eigenvalue weighted by Gasteiger charge is -2.26. The van der Waals surface area contributed by atoms with Crippen molar-refractivity contribution in [3.63, 3.8) is 0 Å². The van der Waals surface area contributed by atoms with Crippen LogP contribution in [0.1, 0.15) is 44.9 Å². The lowest BCUT2D eigenvalue weighted by Crippen LogP contribution is -2.35. The highest BCUT2D eigenvalue weighted by Gasteiger charge is 2.39. The van der Waals surface area contributed by atoms with Gasteiger partial charge < -0.3 is 10.8 Å². The maximum absolute atomic E-state index is 11.2. The highest BCUT2D eigenvalue weighted by atomic mass is 16.4. The Labute approximate surface area is 83.5 Å². The van der Waals surface area contributed by atoms with Crippen LogP contribution in [0, 0.1) is 5.41 Å². The lowest BCUT2D eigenvalue weighted by molar-refractivity contribution is -0.152. The fourth-order valence-electron chi connectivity index (χ4n) is 2.21. The van der Waals surface area contributed by atoms with Crippen molar-refractivity contribution in [2.45, 2.75) is 44.9 Å². The van der Waals surface area contributed by atoms with Crippen LogP contribution in [-0.2, 0) is 9.59 Å². The van der Waals surface area contributed by atoms with Crippen LogP contribution in [-0.4, -0.2) is 17.0 Å². The van der Waals surface area contributed by atoms with Crippen LogP contribution in [0.3, 0.4) is 0 Å². The van der Waals surface area contributed by atoms with Crippen LogP contribution in [0.15, 0.2) is 0 Å². The van der Waals surface area contributed by atoms with E-state index in [4.69, 9.17) is 10.8 Å². The van der Waals surface area contributed by atoms with E-state index in [0.29, 0.717) is 12.8 Å². The van der Waals surface area contributed by atoms with Gasteiger partial charge in [-0.15, -0.1) is 0 Å². The number of aliphatic carboxylic acids is 1. The smallest absolute Gasteiger partial charge is 0.310 e. The summed E-state index contributed by atoms with van der Waals surface area (Å²) in [6, 6.07) is 0. The molecule has 0 aromatic rings. The van der Waals surface area contributed by atoms with Crippen LogP contribution in [0.2, 0.25) is 0 Å². The molecule has 1 aliphatic carbocycles. The lowest BCUT2D eigenvalue weighted by atomic mass is 9.77. The summed E-state index contributed by atoms with van der Waals surface area (Å²) in [7, 11) is 0. The third-order valence-corrected chi connectivity index (χ3v) is 3.03. The number of rotatable bonds is 3. The maximum Gasteiger partial charge on any atom is 0.310 e. The number of primary amides is 1. The van der Waals surface area contributed by atoms with Crippen molar-refractivity contribution in [2.75, 3.05) is 0 Å². The Balaban J connectivity index is 2.77. The molecule has 1 rings (SSSR count). The fourth-order valence-corrected chi connectivity index (χ4v) is 2.21. The van der Waals surface area contributed by atoms with Crippen molar-refractivity contribution in [1.82, 2.24) is 0 Å². The van der Waals surface area contributed by atoms with Gasteiger partial charge >= 0.3 is 5.97 Å². The van der Waals surface area contributed by atoms with Gasteiger partial charge in [0.1, 0.15) is 0 Å². The topological polar surface area (TPSA) is 80.4 Å². The summed E-state index contributed by atoms with van der Waals surface area (Å²) >= 11 is 0. The molecule has 80 valence electrons. The molecule has 0 unspecified atom stereocenters. The minimum Gasteiger partial charge on any atom is -0.481 e. The third-order valence-electron chi connectivity index (χ3n) is 3.03. The molecular formula is C10H17NO3. The SMILES string of the molecule is NC(=O)CC1(C(=O)O)CCCCCC1. The summed E-state index contributed by atoms with van der Waals surface area (Å²) in [5.74, 6) is -1.37. The van der Waals surface area contributed by atoms with E-state index in [2.05, 4.69) is 0 Å². The van der Waals surface area contributed by atoms with Gasteiger partial charge in [-0.1, -0.05) is 25.7 Å². The third kappa shape index (κ3) is 2.47. The van der Waals surface area contributed by atoms with Crippen molar-refractivity contribution < 1.29 is 14.7 Å². The summed E-state index contributed by atoms with van der Waals surface area (Å²) in [6.45, 7) is 0. The first-order valence-corrected chi connectivity index (χ1v) is 5.08. The molecule has 1 amide bonds. The molecule has 0 bridgehead atoms. The number of nitrogens with two attached hydrogens (primary N) is 1. The Kier molecular flexibility index (Phi) is 3.49. The minimum atomic E-state index is -0.873. The van der Waals surface area contributed by atoms with E-state index >= 15 is 0 Å². The average Bonchev–Trinajstić information content (AvgIpc) is 2.29. The van der Waals surface area contributed by atoms with Gasteiger partial charge in [0.2, 0.25) is 5.91 Å². The standard InChI is InChI=1S/C10H17NO3/c11-8(12)7-10(9(13)14)5-3-1-2-4-6-10/h1-7H2,(H2,11,12)(H,13,14). The molecule has 0 atom stereocenters. The van der Waals surface area contributed by atoms with Crippen molar-refractivity contribution in [3.8, 4) is 0 Å². The van der Waals surface area contributed by atoms with E-state index in [1.165, 1.54) is 0 Å². The predicted octanol–water partition coefficient (Wildman–Crippen LogP) is 1.29. The molecule has 0 radical (unpaired) electrons. The van der Waals surface area contributed by atoms with Crippen LogP contribution in [0.25, 0.3) is 0 Å². The molecule has 0 aromatic carbocycles. The number of carbonyl (C=O) groups is 2. The van der Waals surface area contributed by atoms with Gasteiger partial charge in [0.25, 0.3) is 0 Å². The molecule has 1 saturated carbocycles. The summed E-state index contributed by atoms with van der Waals surface area (Å²) in [6.07, 6.45) is 5.07. The van der Waals surface area contributed by atoms with E-state index in [9.17, 15) is 9.59 Å². The van der Waals surface area contributed by atoms with Gasteiger partial charge in [-0.25, -0.2) is 0 Å². The van der Waals surface area contributed by atoms with Crippen LogP contribution in [0.4, 0.5) is 0 Å². The second-order valence-electron chi connectivity index (χ2n) is 4.14. The van der Waals surface area contributed by atoms with Gasteiger partial charge in [0.05, 0.1) is 5.41 Å². The Morgan fingerprint density at radius 2 is 1.64 bits per heavy atom. The van der Waals surface area contributed by atoms with Crippen molar-refractivity contribution in [3.05, 3.63) is 0 Å². The quantitative estimate of drug-likeness (QED) is 0.672. The number of carboxylic acid groups (broad SMARTS) is 1. The van der Waals surface area contributed by atoms with Crippen LogP contribution in [0.5, 0.6) is 0 Å². The number of hydrogen-bond acceptors (Lipinski definition) is 2. The zero-order valence-corrected chi connectivity index (χ0v) is 8.29. The largest absolute Gasteiger partial charge is 0.481 e. The van der Waals surface area contributed by atoms with Gasteiger partial charge in [-0.2, -0.15) is 0 Å². The molecule has 14 heavy (non-hydrogen) atoms. The van der Waals surface area contributed by atoms with E-state index in [1.807, 2.05) is 0 Å². The second kappa shape index (κ2) is 4.44. The Morgan fingerprint density at radius 1 is 1.14 bits per heavy atom. The molecule has 0 spiro atoms. The number of carboxylic acids is 1. The summed E-state index contributed by atoms with van der Waals surface area (Å²) in [5, 5.41) is 9.15. The molecule has 3 N–H and O–H groups in total. The zero-order valence-electron chi connectivity index (χ0n) is 8.29. The molecule has 0 aromatic heterocycles. The monoisotopic (exact) mass is 199 g/mol. The highest BCUT2D eigenvalue weighted by molar-refractivity contribution is 5.84. The van der Waals surface area contributed by atoms with Gasteiger partial charge in [0.15, 0.2) is 0 Å². The molecular weight excluding hydrogens is 182 g/mol. The minimum absolute atomic E-state index is 0.0116. The average molecular weight is 199 g/mol.